The van der Waals surface area contributed by atoms with E-state index < -0.39 is 28.2 Å². The van der Waals surface area contributed by atoms with Gasteiger partial charge in [-0.1, -0.05) is 0 Å². The largest absolute Gasteiger partial charge is 0.493 e. The number of nitrogens with one attached hydrogen (secondary N) is 1. The molecular formula is C20H21F2N3O5. The summed E-state index contributed by atoms with van der Waals surface area (Å²) in [7, 11) is 1.31. The van der Waals surface area contributed by atoms with Gasteiger partial charge in [0.2, 0.25) is 0 Å². The Balaban J connectivity index is 1.93. The first-order chi connectivity index (χ1) is 14.3. The molecule has 2 aromatic carbocycles. The van der Waals surface area contributed by atoms with Crippen molar-refractivity contribution < 1.29 is 28.0 Å². The summed E-state index contributed by atoms with van der Waals surface area (Å²) < 4.78 is 39.4. The average Bonchev–Trinajstić information content (AvgIpc) is 3.21. The molecule has 30 heavy (non-hydrogen) atoms. The number of hydrogen-bond donors (Lipinski definition) is 1. The molecule has 0 bridgehead atoms. The maximum atomic E-state index is 14.5. The molecule has 8 nitrogen and oxygen atoms in total. The van der Waals surface area contributed by atoms with Crippen molar-refractivity contribution in [2.75, 3.05) is 37.0 Å². The molecule has 1 N–H and O–H groups in total. The second-order valence-electron chi connectivity index (χ2n) is 6.65. The molecule has 0 saturated carbocycles. The van der Waals surface area contributed by atoms with Gasteiger partial charge in [-0.15, -0.1) is 0 Å². The van der Waals surface area contributed by atoms with Gasteiger partial charge in [0.25, 0.3) is 11.6 Å². The molecule has 1 aliphatic heterocycles. The topological polar surface area (TPSA) is 93.9 Å². The number of rotatable bonds is 7. The van der Waals surface area contributed by atoms with Crippen LogP contribution < -0.4 is 19.7 Å². The van der Waals surface area contributed by atoms with Crippen LogP contribution in [0.3, 0.4) is 0 Å². The van der Waals surface area contributed by atoms with E-state index in [4.69, 9.17) is 9.47 Å². The van der Waals surface area contributed by atoms with Gasteiger partial charge in [-0.25, -0.2) is 8.78 Å². The lowest BCUT2D eigenvalue weighted by atomic mass is 10.1. The fraction of sp³-hybridized carbons (Fsp3) is 0.350. The van der Waals surface area contributed by atoms with Crippen LogP contribution in [0, 0.1) is 21.7 Å². The van der Waals surface area contributed by atoms with Crippen molar-refractivity contribution in [3.05, 3.63) is 51.6 Å². The number of anilines is 2. The van der Waals surface area contributed by atoms with E-state index >= 15 is 0 Å². The molecule has 0 aliphatic carbocycles. The van der Waals surface area contributed by atoms with Crippen LogP contribution in [-0.4, -0.2) is 37.6 Å². The fourth-order valence-corrected chi connectivity index (χ4v) is 3.39. The van der Waals surface area contributed by atoms with E-state index in [1.165, 1.54) is 13.2 Å². The molecule has 1 saturated heterocycles. The van der Waals surface area contributed by atoms with E-state index in [-0.39, 0.29) is 35.0 Å². The lowest BCUT2D eigenvalue weighted by Gasteiger charge is -2.20. The molecule has 0 unspecified atom stereocenters. The summed E-state index contributed by atoms with van der Waals surface area (Å²) in [6, 6.07) is 4.22. The van der Waals surface area contributed by atoms with Gasteiger partial charge in [-0.2, -0.15) is 0 Å². The lowest BCUT2D eigenvalue weighted by molar-refractivity contribution is -0.385. The number of carbonyl (C=O) groups is 1. The first-order valence-corrected chi connectivity index (χ1v) is 9.40. The summed E-state index contributed by atoms with van der Waals surface area (Å²) in [5.74, 6) is -2.31. The van der Waals surface area contributed by atoms with Crippen LogP contribution in [0.1, 0.15) is 30.1 Å². The molecule has 0 aromatic heterocycles. The lowest BCUT2D eigenvalue weighted by Crippen LogP contribution is -2.21. The number of nitrogens with zero attached hydrogens (tertiary/aromatic N) is 2. The van der Waals surface area contributed by atoms with Gasteiger partial charge < -0.3 is 19.7 Å². The Labute approximate surface area is 171 Å². The molecule has 0 atom stereocenters. The quantitative estimate of drug-likeness (QED) is 0.534. The van der Waals surface area contributed by atoms with Gasteiger partial charge in [0, 0.05) is 24.8 Å². The number of ether oxygens (including phenoxy) is 2. The van der Waals surface area contributed by atoms with Crippen LogP contribution in [0.5, 0.6) is 11.5 Å². The minimum Gasteiger partial charge on any atom is -0.493 e. The summed E-state index contributed by atoms with van der Waals surface area (Å²) in [6.45, 7) is 3.05. The van der Waals surface area contributed by atoms with Crippen LogP contribution in [0.15, 0.2) is 24.3 Å². The van der Waals surface area contributed by atoms with Crippen LogP contribution in [0.4, 0.5) is 25.8 Å². The van der Waals surface area contributed by atoms with Crippen LogP contribution in [-0.2, 0) is 0 Å². The minimum atomic E-state index is -0.905. The summed E-state index contributed by atoms with van der Waals surface area (Å²) in [5, 5.41) is 13.7. The number of nitro groups is 1. The van der Waals surface area contributed by atoms with Crippen molar-refractivity contribution in [3.8, 4) is 11.5 Å². The predicted octanol–water partition coefficient (Wildman–Crippen LogP) is 4.13. The molecule has 0 radical (unpaired) electrons. The highest BCUT2D eigenvalue weighted by Gasteiger charge is 2.26. The third-order valence-electron chi connectivity index (χ3n) is 4.72. The van der Waals surface area contributed by atoms with Crippen molar-refractivity contribution in [1.82, 2.24) is 0 Å². The zero-order valence-electron chi connectivity index (χ0n) is 16.5. The van der Waals surface area contributed by atoms with Crippen LogP contribution in [0.2, 0.25) is 0 Å². The average molecular weight is 421 g/mol. The molecular weight excluding hydrogens is 400 g/mol. The third-order valence-corrected chi connectivity index (χ3v) is 4.72. The molecule has 2 aromatic rings. The Bertz CT molecular complexity index is 954. The van der Waals surface area contributed by atoms with Crippen molar-refractivity contribution >= 4 is 23.0 Å². The molecule has 1 fully saturated rings. The molecule has 3 rings (SSSR count). The Morgan fingerprint density at radius 1 is 1.17 bits per heavy atom. The van der Waals surface area contributed by atoms with Gasteiger partial charge in [0.05, 0.1) is 24.7 Å². The third kappa shape index (κ3) is 4.27. The highest BCUT2D eigenvalue weighted by Crippen LogP contribution is 2.35. The molecule has 0 spiro atoms. The highest BCUT2D eigenvalue weighted by atomic mass is 19.1. The molecule has 10 heteroatoms. The minimum absolute atomic E-state index is 0.0900. The Morgan fingerprint density at radius 3 is 2.33 bits per heavy atom. The Morgan fingerprint density at radius 2 is 1.80 bits per heavy atom. The number of amides is 1. The molecule has 1 heterocycles. The van der Waals surface area contributed by atoms with Gasteiger partial charge >= 0.3 is 0 Å². The van der Waals surface area contributed by atoms with Gasteiger partial charge in [-0.3, -0.25) is 14.9 Å². The first-order valence-electron chi connectivity index (χ1n) is 9.40. The van der Waals surface area contributed by atoms with E-state index in [0.29, 0.717) is 13.1 Å². The summed E-state index contributed by atoms with van der Waals surface area (Å²) >= 11 is 0. The zero-order chi connectivity index (χ0) is 21.8. The standard InChI is InChI=1S/C20H21F2N3O5/c1-3-30-18-10-13(16(25(27)28)11-17(18)29-2)20(26)23-12-8-14(21)19(15(22)9-12)24-6-4-5-7-24/h8-11H,3-7H2,1-2H3,(H,23,26). The number of nitro benzene ring substituents is 1. The number of carbonyl (C=O) groups excluding carboxylic acids is 1. The second kappa shape index (κ2) is 8.93. The van der Waals surface area contributed by atoms with Crippen LogP contribution in [0.25, 0.3) is 0 Å². The zero-order valence-corrected chi connectivity index (χ0v) is 16.5. The fourth-order valence-electron chi connectivity index (χ4n) is 3.39. The highest BCUT2D eigenvalue weighted by molar-refractivity contribution is 6.07. The molecule has 1 aliphatic rings. The van der Waals surface area contributed by atoms with Crippen molar-refractivity contribution in [1.29, 1.82) is 0 Å². The summed E-state index contributed by atoms with van der Waals surface area (Å²) in [5.41, 5.74) is -1.14. The second-order valence-corrected chi connectivity index (χ2v) is 6.65. The number of benzene rings is 2. The smallest absolute Gasteiger partial charge is 0.286 e. The number of methoxy groups -OCH3 is 1. The first kappa shape index (κ1) is 21.3. The molecule has 1 amide bonds. The van der Waals surface area contributed by atoms with E-state index in [2.05, 4.69) is 5.32 Å². The van der Waals surface area contributed by atoms with Crippen molar-refractivity contribution in [3.63, 3.8) is 0 Å². The van der Waals surface area contributed by atoms with E-state index in [1.54, 1.807) is 11.8 Å². The van der Waals surface area contributed by atoms with Gasteiger partial charge in [0.15, 0.2) is 23.1 Å². The Hall–Kier alpha value is -3.43. The van der Waals surface area contributed by atoms with Crippen molar-refractivity contribution in [2.45, 2.75) is 19.8 Å². The number of hydrogen-bond acceptors (Lipinski definition) is 6. The van der Waals surface area contributed by atoms with E-state index in [1.807, 2.05) is 0 Å². The van der Waals surface area contributed by atoms with Gasteiger partial charge in [-0.05, 0) is 31.9 Å². The van der Waals surface area contributed by atoms with Crippen LogP contribution >= 0.6 is 0 Å². The maximum Gasteiger partial charge on any atom is 0.286 e. The normalized spacial score (nSPS) is 13.3. The van der Waals surface area contributed by atoms with E-state index in [0.717, 1.165) is 31.0 Å². The monoisotopic (exact) mass is 421 g/mol. The molecule has 160 valence electrons. The summed E-state index contributed by atoms with van der Waals surface area (Å²) in [4.78, 5) is 25.0. The van der Waals surface area contributed by atoms with Crippen molar-refractivity contribution in [2.24, 2.45) is 0 Å². The Kier molecular flexibility index (Phi) is 6.34. The maximum absolute atomic E-state index is 14.5. The SMILES string of the molecule is CCOc1cc(C(=O)Nc2cc(F)c(N3CCCC3)c(F)c2)c([N+](=O)[O-])cc1OC. The number of halogens is 2. The van der Waals surface area contributed by atoms with E-state index in [9.17, 15) is 23.7 Å². The van der Waals surface area contributed by atoms with Gasteiger partial charge in [0.1, 0.15) is 11.3 Å². The summed E-state index contributed by atoms with van der Waals surface area (Å²) in [6.07, 6.45) is 1.70. The predicted molar refractivity (Wildman–Crippen MR) is 107 cm³/mol.